The van der Waals surface area contributed by atoms with E-state index in [1.807, 2.05) is 0 Å². The van der Waals surface area contributed by atoms with Crippen molar-refractivity contribution >= 4 is 11.9 Å². The molecule has 5 nitrogen and oxygen atoms in total. The number of carbonyl (C=O) groups is 2. The van der Waals surface area contributed by atoms with Crippen LogP contribution in [-0.4, -0.2) is 37.9 Å². The minimum atomic E-state index is -0.532. The lowest BCUT2D eigenvalue weighted by molar-refractivity contribution is -0.163. The van der Waals surface area contributed by atoms with Gasteiger partial charge in [0.25, 0.3) is 0 Å². The maximum atomic E-state index is 12.9. The van der Waals surface area contributed by atoms with Crippen molar-refractivity contribution in [3.05, 3.63) is 12.2 Å². The van der Waals surface area contributed by atoms with E-state index < -0.39 is 6.10 Å². The SMILES string of the molecule is CCCCCC/C=C\CCCCCCCC(=O)OC(COCCCCCCCCCCCCCCCCCCCCCC)COC(=O)CCCCCCCCCCCCCCCCCCCCC. The number of carbonyl (C=O) groups excluding carboxylic acids is 2. The normalized spacial score (nSPS) is 12.1. The van der Waals surface area contributed by atoms with Crippen LogP contribution < -0.4 is 0 Å². The first kappa shape index (κ1) is 66.6. The molecule has 0 bridgehead atoms. The van der Waals surface area contributed by atoms with Gasteiger partial charge in [0.15, 0.2) is 6.10 Å². The average molecular weight is 960 g/mol. The van der Waals surface area contributed by atoms with Crippen molar-refractivity contribution in [1.29, 1.82) is 0 Å². The molecule has 0 N–H and O–H groups in total. The van der Waals surface area contributed by atoms with Crippen LogP contribution in [0.15, 0.2) is 12.2 Å². The third-order valence-corrected chi connectivity index (χ3v) is 14.3. The molecule has 0 heterocycles. The summed E-state index contributed by atoms with van der Waals surface area (Å²) in [5.74, 6) is -0.378. The summed E-state index contributed by atoms with van der Waals surface area (Å²) in [5, 5.41) is 0. The van der Waals surface area contributed by atoms with Gasteiger partial charge in [0, 0.05) is 19.4 Å². The topological polar surface area (TPSA) is 61.8 Å². The summed E-state index contributed by atoms with van der Waals surface area (Å²) in [5.41, 5.74) is 0. The maximum Gasteiger partial charge on any atom is 0.306 e. The molecule has 0 saturated carbocycles. The predicted molar refractivity (Wildman–Crippen MR) is 298 cm³/mol. The van der Waals surface area contributed by atoms with E-state index in [-0.39, 0.29) is 18.5 Å². The highest BCUT2D eigenvalue weighted by atomic mass is 16.6. The average Bonchev–Trinajstić information content (AvgIpc) is 3.34. The fourth-order valence-corrected chi connectivity index (χ4v) is 9.63. The van der Waals surface area contributed by atoms with Gasteiger partial charge in [-0.1, -0.05) is 309 Å². The lowest BCUT2D eigenvalue weighted by Crippen LogP contribution is -2.30. The summed E-state index contributed by atoms with van der Waals surface area (Å²) in [7, 11) is 0. The summed E-state index contributed by atoms with van der Waals surface area (Å²) in [4.78, 5) is 25.5. The van der Waals surface area contributed by atoms with E-state index >= 15 is 0 Å². The zero-order valence-electron chi connectivity index (χ0n) is 46.7. The molecule has 0 rings (SSSR count). The van der Waals surface area contributed by atoms with Crippen LogP contribution in [0.1, 0.15) is 355 Å². The largest absolute Gasteiger partial charge is 0.462 e. The number of hydrogen-bond acceptors (Lipinski definition) is 5. The molecule has 5 heteroatoms. The Bertz CT molecular complexity index is 994. The second kappa shape index (κ2) is 59.9. The number of unbranched alkanes of at least 4 members (excludes halogenated alkanes) is 46. The number of hydrogen-bond donors (Lipinski definition) is 0. The molecule has 0 amide bonds. The molecule has 0 aliphatic carbocycles. The molecule has 0 aliphatic heterocycles. The van der Waals surface area contributed by atoms with E-state index in [1.165, 1.54) is 276 Å². The minimum Gasteiger partial charge on any atom is -0.462 e. The molecule has 1 unspecified atom stereocenters. The summed E-state index contributed by atoms with van der Waals surface area (Å²) < 4.78 is 17.5. The van der Waals surface area contributed by atoms with Gasteiger partial charge in [-0.05, 0) is 44.9 Å². The molecule has 0 aliphatic rings. The Morgan fingerprint density at radius 2 is 0.574 bits per heavy atom. The molecule has 68 heavy (non-hydrogen) atoms. The van der Waals surface area contributed by atoms with E-state index in [4.69, 9.17) is 14.2 Å². The lowest BCUT2D eigenvalue weighted by Gasteiger charge is -2.18. The molecule has 0 saturated heterocycles. The van der Waals surface area contributed by atoms with E-state index in [2.05, 4.69) is 32.9 Å². The fraction of sp³-hybridized carbons (Fsp3) is 0.937. The highest BCUT2D eigenvalue weighted by Gasteiger charge is 2.18. The summed E-state index contributed by atoms with van der Waals surface area (Å²) >= 11 is 0. The van der Waals surface area contributed by atoms with Gasteiger partial charge < -0.3 is 14.2 Å². The Labute approximate surface area is 426 Å². The van der Waals surface area contributed by atoms with Crippen LogP contribution in [0.4, 0.5) is 0 Å². The molecule has 1 atom stereocenters. The van der Waals surface area contributed by atoms with E-state index in [0.717, 1.165) is 44.9 Å². The minimum absolute atomic E-state index is 0.0923. The van der Waals surface area contributed by atoms with Crippen LogP contribution in [0.3, 0.4) is 0 Å². The lowest BCUT2D eigenvalue weighted by atomic mass is 10.0. The van der Waals surface area contributed by atoms with Gasteiger partial charge >= 0.3 is 11.9 Å². The van der Waals surface area contributed by atoms with E-state index in [9.17, 15) is 9.59 Å². The molecule has 0 spiro atoms. The van der Waals surface area contributed by atoms with Gasteiger partial charge in [-0.2, -0.15) is 0 Å². The molecule has 0 aromatic heterocycles. The number of allylic oxidation sites excluding steroid dienone is 2. The van der Waals surface area contributed by atoms with Crippen LogP contribution in [0, 0.1) is 0 Å². The van der Waals surface area contributed by atoms with Crippen molar-refractivity contribution in [2.45, 2.75) is 361 Å². The summed E-state index contributed by atoms with van der Waals surface area (Å²) in [6, 6.07) is 0. The van der Waals surface area contributed by atoms with Crippen LogP contribution in [-0.2, 0) is 23.8 Å². The van der Waals surface area contributed by atoms with Crippen molar-refractivity contribution in [2.24, 2.45) is 0 Å². The Kier molecular flexibility index (Phi) is 58.7. The summed E-state index contributed by atoms with van der Waals surface area (Å²) in [6.07, 6.45) is 71.1. The van der Waals surface area contributed by atoms with E-state index in [1.54, 1.807) is 0 Å². The fourth-order valence-electron chi connectivity index (χ4n) is 9.63. The van der Waals surface area contributed by atoms with Gasteiger partial charge in [0.1, 0.15) is 6.61 Å². The molecule has 0 aromatic carbocycles. The smallest absolute Gasteiger partial charge is 0.306 e. The first-order valence-corrected chi connectivity index (χ1v) is 31.2. The van der Waals surface area contributed by atoms with Gasteiger partial charge in [0.05, 0.1) is 6.61 Å². The standard InChI is InChI=1S/C63H122O5/c1-4-7-10-13-16-19-22-25-27-29-31-33-35-37-40-43-46-49-52-55-58-66-59-61(68-63(65)57-54-51-48-45-42-38-24-21-18-15-12-9-6-3)60-67-62(64)56-53-50-47-44-41-39-36-34-32-30-28-26-23-20-17-14-11-8-5-2/h21,24,61H,4-20,22-23,25-60H2,1-3H3/b24-21-. The van der Waals surface area contributed by atoms with Crippen LogP contribution in [0.25, 0.3) is 0 Å². The number of rotatable bonds is 59. The zero-order valence-corrected chi connectivity index (χ0v) is 46.7. The second-order valence-corrected chi connectivity index (χ2v) is 21.3. The predicted octanol–water partition coefficient (Wildman–Crippen LogP) is 21.4. The van der Waals surface area contributed by atoms with Crippen LogP contribution >= 0.6 is 0 Å². The first-order chi connectivity index (χ1) is 33.6. The highest BCUT2D eigenvalue weighted by molar-refractivity contribution is 5.70. The van der Waals surface area contributed by atoms with E-state index in [0.29, 0.717) is 26.1 Å². The van der Waals surface area contributed by atoms with Crippen molar-refractivity contribution in [1.82, 2.24) is 0 Å². The molecule has 0 radical (unpaired) electrons. The molecular weight excluding hydrogens is 837 g/mol. The second-order valence-electron chi connectivity index (χ2n) is 21.3. The quantitative estimate of drug-likeness (QED) is 0.0345. The van der Waals surface area contributed by atoms with Gasteiger partial charge in [-0.15, -0.1) is 0 Å². The third-order valence-electron chi connectivity index (χ3n) is 14.3. The monoisotopic (exact) mass is 959 g/mol. The molecular formula is C63H122O5. The van der Waals surface area contributed by atoms with Crippen molar-refractivity contribution in [3.63, 3.8) is 0 Å². The van der Waals surface area contributed by atoms with Crippen molar-refractivity contribution in [2.75, 3.05) is 19.8 Å². The molecule has 404 valence electrons. The Hall–Kier alpha value is -1.36. The van der Waals surface area contributed by atoms with Crippen LogP contribution in [0.5, 0.6) is 0 Å². The maximum absolute atomic E-state index is 12.9. The Morgan fingerprint density at radius 3 is 0.912 bits per heavy atom. The number of esters is 2. The summed E-state index contributed by atoms with van der Waals surface area (Å²) in [6.45, 7) is 7.90. The number of ether oxygens (including phenoxy) is 3. The zero-order chi connectivity index (χ0) is 49.2. The van der Waals surface area contributed by atoms with Gasteiger partial charge in [-0.25, -0.2) is 0 Å². The molecule has 0 aromatic rings. The first-order valence-electron chi connectivity index (χ1n) is 31.2. The van der Waals surface area contributed by atoms with Crippen molar-refractivity contribution in [3.8, 4) is 0 Å². The third kappa shape index (κ3) is 57.2. The Balaban J connectivity index is 4.15. The Morgan fingerprint density at radius 1 is 0.309 bits per heavy atom. The molecule has 0 fully saturated rings. The van der Waals surface area contributed by atoms with Gasteiger partial charge in [0.2, 0.25) is 0 Å². The van der Waals surface area contributed by atoms with Crippen molar-refractivity contribution < 1.29 is 23.8 Å². The highest BCUT2D eigenvalue weighted by Crippen LogP contribution is 2.18. The van der Waals surface area contributed by atoms with Gasteiger partial charge in [-0.3, -0.25) is 9.59 Å². The van der Waals surface area contributed by atoms with Crippen LogP contribution in [0.2, 0.25) is 0 Å².